The molecule has 0 saturated heterocycles. The number of hydrogen-bond acceptors (Lipinski definition) is 3. The van der Waals surface area contributed by atoms with Crippen molar-refractivity contribution < 1.29 is 4.92 Å². The van der Waals surface area contributed by atoms with Gasteiger partial charge in [-0.2, -0.15) is 5.26 Å². The lowest BCUT2D eigenvalue weighted by molar-refractivity contribution is -0.523. The second kappa shape index (κ2) is 4.74. The highest BCUT2D eigenvalue weighted by Gasteiger charge is 2.15. The zero-order valence-corrected chi connectivity index (χ0v) is 5.91. The minimum atomic E-state index is -0.528. The van der Waals surface area contributed by atoms with E-state index >= 15 is 0 Å². The molecule has 10 heavy (non-hydrogen) atoms. The molecular weight excluding hydrogens is 132 g/mol. The Morgan fingerprint density at radius 2 is 2.40 bits per heavy atom. The number of nitriles is 1. The van der Waals surface area contributed by atoms with E-state index in [0.29, 0.717) is 12.8 Å². The Morgan fingerprint density at radius 3 is 2.70 bits per heavy atom. The van der Waals surface area contributed by atoms with Crippen molar-refractivity contribution in [3.8, 4) is 6.07 Å². The topological polar surface area (TPSA) is 66.9 Å². The molecule has 0 fully saturated rings. The summed E-state index contributed by atoms with van der Waals surface area (Å²) in [6.45, 7) is 1.75. The van der Waals surface area contributed by atoms with Crippen LogP contribution in [0.15, 0.2) is 0 Å². The van der Waals surface area contributed by atoms with Crippen LogP contribution in [0.1, 0.15) is 26.2 Å². The van der Waals surface area contributed by atoms with E-state index in [1.165, 1.54) is 0 Å². The minimum Gasteiger partial charge on any atom is -0.264 e. The van der Waals surface area contributed by atoms with E-state index in [9.17, 15) is 10.1 Å². The lowest BCUT2D eigenvalue weighted by Crippen LogP contribution is -2.17. The predicted octanol–water partition coefficient (Wildman–Crippen LogP) is 1.35. The van der Waals surface area contributed by atoms with Gasteiger partial charge in [-0.1, -0.05) is 6.92 Å². The zero-order valence-electron chi connectivity index (χ0n) is 5.91. The summed E-state index contributed by atoms with van der Waals surface area (Å²) in [7, 11) is 0. The molecule has 4 heteroatoms. The first-order chi connectivity index (χ1) is 4.72. The molecule has 0 rings (SSSR count). The van der Waals surface area contributed by atoms with Gasteiger partial charge in [0, 0.05) is 24.2 Å². The van der Waals surface area contributed by atoms with Gasteiger partial charge in [0.2, 0.25) is 6.04 Å². The third-order valence-corrected chi connectivity index (χ3v) is 1.36. The third kappa shape index (κ3) is 3.02. The highest BCUT2D eigenvalue weighted by Crippen LogP contribution is 2.03. The van der Waals surface area contributed by atoms with Crippen molar-refractivity contribution in [3.05, 3.63) is 10.1 Å². The second-order valence-electron chi connectivity index (χ2n) is 2.04. The summed E-state index contributed by atoms with van der Waals surface area (Å²) in [4.78, 5) is 9.81. The van der Waals surface area contributed by atoms with Crippen molar-refractivity contribution >= 4 is 0 Å². The molecule has 0 spiro atoms. The molecule has 0 radical (unpaired) electrons. The highest BCUT2D eigenvalue weighted by atomic mass is 16.6. The molecule has 0 aliphatic carbocycles. The van der Waals surface area contributed by atoms with E-state index < -0.39 is 6.04 Å². The first-order valence-electron chi connectivity index (χ1n) is 3.22. The summed E-state index contributed by atoms with van der Waals surface area (Å²) in [6.07, 6.45) is 1.16. The monoisotopic (exact) mass is 142 g/mol. The van der Waals surface area contributed by atoms with Gasteiger partial charge in [-0.3, -0.25) is 10.1 Å². The van der Waals surface area contributed by atoms with Crippen LogP contribution in [0.5, 0.6) is 0 Å². The Labute approximate surface area is 59.6 Å². The molecule has 0 aliphatic rings. The average molecular weight is 142 g/mol. The molecule has 0 aromatic rings. The van der Waals surface area contributed by atoms with Gasteiger partial charge in [0.15, 0.2) is 0 Å². The molecule has 56 valence electrons. The molecule has 1 atom stereocenters. The van der Waals surface area contributed by atoms with E-state index in [-0.39, 0.29) is 11.3 Å². The quantitative estimate of drug-likeness (QED) is 0.439. The lowest BCUT2D eigenvalue weighted by atomic mass is 10.1. The van der Waals surface area contributed by atoms with Crippen molar-refractivity contribution in [2.75, 3.05) is 0 Å². The summed E-state index contributed by atoms with van der Waals surface area (Å²) in [6, 6.07) is 1.35. The maximum Gasteiger partial charge on any atom is 0.213 e. The summed E-state index contributed by atoms with van der Waals surface area (Å²) >= 11 is 0. The van der Waals surface area contributed by atoms with E-state index in [2.05, 4.69) is 0 Å². The van der Waals surface area contributed by atoms with Gasteiger partial charge in [0.05, 0.1) is 6.07 Å². The van der Waals surface area contributed by atoms with Crippen molar-refractivity contribution in [1.82, 2.24) is 0 Å². The maximum absolute atomic E-state index is 10.1. The molecule has 0 N–H and O–H groups in total. The molecule has 0 aromatic carbocycles. The van der Waals surface area contributed by atoms with E-state index in [4.69, 9.17) is 5.26 Å². The molecule has 0 amide bonds. The lowest BCUT2D eigenvalue weighted by Gasteiger charge is -2.01. The van der Waals surface area contributed by atoms with E-state index in [1.807, 2.05) is 6.07 Å². The Hall–Kier alpha value is -1.11. The summed E-state index contributed by atoms with van der Waals surface area (Å²) in [5.41, 5.74) is 0. The van der Waals surface area contributed by atoms with Gasteiger partial charge in [-0.15, -0.1) is 0 Å². The predicted molar refractivity (Wildman–Crippen MR) is 35.9 cm³/mol. The molecular formula is C6H10N2O2. The zero-order chi connectivity index (χ0) is 7.98. The van der Waals surface area contributed by atoms with Crippen LogP contribution >= 0.6 is 0 Å². The summed E-state index contributed by atoms with van der Waals surface area (Å²) in [5, 5.41) is 18.3. The molecule has 0 heterocycles. The van der Waals surface area contributed by atoms with Crippen molar-refractivity contribution in [1.29, 1.82) is 5.26 Å². The first-order valence-corrected chi connectivity index (χ1v) is 3.22. The summed E-state index contributed by atoms with van der Waals surface area (Å²) < 4.78 is 0. The third-order valence-electron chi connectivity index (χ3n) is 1.36. The number of hydrogen-bond donors (Lipinski definition) is 0. The van der Waals surface area contributed by atoms with Crippen LogP contribution in [-0.2, 0) is 0 Å². The Kier molecular flexibility index (Phi) is 4.21. The number of rotatable bonds is 4. The van der Waals surface area contributed by atoms with Crippen LogP contribution in [0.2, 0.25) is 0 Å². The molecule has 0 aliphatic heterocycles. The SMILES string of the molecule is CCC(CCC#N)[N+](=O)[O-]. The van der Waals surface area contributed by atoms with Gasteiger partial charge in [0.1, 0.15) is 0 Å². The van der Waals surface area contributed by atoms with Crippen LogP contribution in [-0.4, -0.2) is 11.0 Å². The summed E-state index contributed by atoms with van der Waals surface area (Å²) in [5.74, 6) is 0. The normalized spacial score (nSPS) is 12.0. The van der Waals surface area contributed by atoms with Crippen LogP contribution in [0.25, 0.3) is 0 Å². The first kappa shape index (κ1) is 8.89. The minimum absolute atomic E-state index is 0.277. The van der Waals surface area contributed by atoms with Crippen molar-refractivity contribution in [3.63, 3.8) is 0 Å². The van der Waals surface area contributed by atoms with Gasteiger partial charge < -0.3 is 0 Å². The van der Waals surface area contributed by atoms with Crippen LogP contribution in [0, 0.1) is 21.4 Å². The highest BCUT2D eigenvalue weighted by molar-refractivity contribution is 4.71. The fourth-order valence-corrected chi connectivity index (χ4v) is 0.690. The molecule has 4 nitrogen and oxygen atoms in total. The van der Waals surface area contributed by atoms with Crippen LogP contribution in [0.3, 0.4) is 0 Å². The largest absolute Gasteiger partial charge is 0.264 e. The van der Waals surface area contributed by atoms with Gasteiger partial charge in [-0.05, 0) is 0 Å². The van der Waals surface area contributed by atoms with Gasteiger partial charge >= 0.3 is 0 Å². The fourth-order valence-electron chi connectivity index (χ4n) is 0.690. The van der Waals surface area contributed by atoms with Crippen LogP contribution in [0.4, 0.5) is 0 Å². The fraction of sp³-hybridized carbons (Fsp3) is 0.833. The van der Waals surface area contributed by atoms with Crippen molar-refractivity contribution in [2.45, 2.75) is 32.2 Å². The standard InChI is InChI=1S/C6H10N2O2/c1-2-6(8(9)10)4-3-5-7/h6H,2-4H2,1H3. The van der Waals surface area contributed by atoms with Gasteiger partial charge in [0.25, 0.3) is 0 Å². The number of nitro groups is 1. The Bertz CT molecular complexity index is 150. The number of nitrogens with zero attached hydrogens (tertiary/aromatic N) is 2. The molecule has 0 bridgehead atoms. The molecule has 0 aromatic heterocycles. The smallest absolute Gasteiger partial charge is 0.213 e. The maximum atomic E-state index is 10.1. The molecule has 0 saturated carbocycles. The van der Waals surface area contributed by atoms with Crippen LogP contribution < -0.4 is 0 Å². The Balaban J connectivity index is 3.63. The molecule has 1 unspecified atom stereocenters. The van der Waals surface area contributed by atoms with Crippen molar-refractivity contribution in [2.24, 2.45) is 0 Å². The Morgan fingerprint density at radius 1 is 1.80 bits per heavy atom. The van der Waals surface area contributed by atoms with E-state index in [1.54, 1.807) is 6.92 Å². The van der Waals surface area contributed by atoms with E-state index in [0.717, 1.165) is 0 Å². The second-order valence-corrected chi connectivity index (χ2v) is 2.04. The van der Waals surface area contributed by atoms with Gasteiger partial charge in [-0.25, -0.2) is 0 Å². The average Bonchev–Trinajstić information content (AvgIpc) is 1.89.